The highest BCUT2D eigenvalue weighted by Crippen LogP contribution is 2.45. The number of nitrogens with one attached hydrogen (secondary N) is 2. The van der Waals surface area contributed by atoms with Crippen molar-refractivity contribution >= 4 is 35.0 Å². The Morgan fingerprint density at radius 3 is 2.45 bits per heavy atom. The van der Waals surface area contributed by atoms with Gasteiger partial charge in [0.1, 0.15) is 6.04 Å². The molecule has 3 amide bonds. The molecule has 0 radical (unpaired) electrons. The fraction of sp³-hybridized carbons (Fsp3) is 0.522. The van der Waals surface area contributed by atoms with Gasteiger partial charge in [0.25, 0.3) is 0 Å². The van der Waals surface area contributed by atoms with Crippen LogP contribution >= 0.6 is 11.6 Å². The smallest absolute Gasteiger partial charge is 0.247 e. The number of allylic oxidation sites excluding steroid dienone is 1. The number of para-hydroxylation sites is 1. The van der Waals surface area contributed by atoms with Crippen LogP contribution in [0.4, 0.5) is 5.69 Å². The minimum Gasteiger partial charge on any atom is -0.394 e. The van der Waals surface area contributed by atoms with Crippen molar-refractivity contribution < 1.29 is 19.5 Å². The number of anilines is 1. The molecule has 0 bridgehead atoms. The number of nitrogens with zero attached hydrogens (tertiary/aromatic N) is 1. The van der Waals surface area contributed by atoms with Crippen LogP contribution in [0.25, 0.3) is 0 Å². The molecule has 0 aromatic heterocycles. The van der Waals surface area contributed by atoms with Gasteiger partial charge in [-0.1, -0.05) is 56.7 Å². The summed E-state index contributed by atoms with van der Waals surface area (Å²) in [5.41, 5.74) is 0.450. The monoisotopic (exact) mass is 447 g/mol. The van der Waals surface area contributed by atoms with Gasteiger partial charge >= 0.3 is 0 Å². The first-order valence-electron chi connectivity index (χ1n) is 10.6. The molecule has 1 aliphatic carbocycles. The number of halogens is 1. The average molecular weight is 448 g/mol. The molecule has 0 unspecified atom stereocenters. The summed E-state index contributed by atoms with van der Waals surface area (Å²) in [6.45, 7) is 5.41. The molecule has 168 valence electrons. The normalized spacial score (nSPS) is 28.4. The van der Waals surface area contributed by atoms with E-state index in [1.807, 2.05) is 32.9 Å². The molecule has 1 heterocycles. The molecule has 2 aliphatic rings. The summed E-state index contributed by atoms with van der Waals surface area (Å²) < 4.78 is 0. The highest BCUT2D eigenvalue weighted by Gasteiger charge is 2.58. The minimum atomic E-state index is -0.857. The molecule has 1 aromatic carbocycles. The van der Waals surface area contributed by atoms with Gasteiger partial charge in [-0.05, 0) is 24.0 Å². The van der Waals surface area contributed by atoms with Gasteiger partial charge in [0.2, 0.25) is 17.7 Å². The number of rotatable bonds is 6. The van der Waals surface area contributed by atoms with Crippen molar-refractivity contribution in [1.29, 1.82) is 0 Å². The van der Waals surface area contributed by atoms with Gasteiger partial charge in [-0.2, -0.15) is 0 Å². The Kier molecular flexibility index (Phi) is 7.06. The Hall–Kier alpha value is -2.38. The molecule has 6 atom stereocenters. The predicted octanol–water partition coefficient (Wildman–Crippen LogP) is 2.31. The minimum absolute atomic E-state index is 0.0791. The lowest BCUT2D eigenvalue weighted by Gasteiger charge is -2.35. The van der Waals surface area contributed by atoms with Crippen molar-refractivity contribution in [1.82, 2.24) is 10.2 Å². The van der Waals surface area contributed by atoms with E-state index in [4.69, 9.17) is 11.6 Å². The quantitative estimate of drug-likeness (QED) is 0.583. The van der Waals surface area contributed by atoms with Crippen LogP contribution < -0.4 is 10.6 Å². The molecule has 3 N–H and O–H groups in total. The number of aliphatic hydroxyl groups is 1. The van der Waals surface area contributed by atoms with Gasteiger partial charge in [-0.3, -0.25) is 14.4 Å². The Bertz CT molecular complexity index is 887. The maximum atomic E-state index is 13.6. The number of likely N-dealkylation sites (tertiary alicyclic amines) is 1. The van der Waals surface area contributed by atoms with Gasteiger partial charge in [-0.15, -0.1) is 0 Å². The number of carbonyl (C=O) groups excluding carboxylic acids is 3. The van der Waals surface area contributed by atoms with Gasteiger partial charge in [0.15, 0.2) is 0 Å². The molecular formula is C23H30ClN3O4. The molecule has 31 heavy (non-hydrogen) atoms. The molecule has 1 fully saturated rings. The molecule has 0 saturated carbocycles. The third-order valence-electron chi connectivity index (χ3n) is 6.47. The largest absolute Gasteiger partial charge is 0.394 e. The summed E-state index contributed by atoms with van der Waals surface area (Å²) in [5.74, 6) is -2.86. The van der Waals surface area contributed by atoms with E-state index in [1.54, 1.807) is 31.3 Å². The van der Waals surface area contributed by atoms with Crippen LogP contribution in [0.15, 0.2) is 36.4 Å². The molecule has 1 saturated heterocycles. The lowest BCUT2D eigenvalue weighted by Crippen LogP contribution is -2.52. The maximum absolute atomic E-state index is 13.6. The fourth-order valence-corrected chi connectivity index (χ4v) is 5.04. The van der Waals surface area contributed by atoms with Crippen molar-refractivity contribution in [3.05, 3.63) is 41.4 Å². The number of aliphatic hydroxyl groups excluding tert-OH is 1. The van der Waals surface area contributed by atoms with Crippen LogP contribution in [-0.2, 0) is 14.4 Å². The average Bonchev–Trinajstić information content (AvgIpc) is 3.02. The van der Waals surface area contributed by atoms with Crippen molar-refractivity contribution in [2.45, 2.75) is 32.9 Å². The summed E-state index contributed by atoms with van der Waals surface area (Å²) in [6, 6.07) is 5.48. The molecule has 8 heteroatoms. The molecule has 3 rings (SSSR count). The zero-order valence-electron chi connectivity index (χ0n) is 18.2. The summed E-state index contributed by atoms with van der Waals surface area (Å²) in [4.78, 5) is 41.3. The lowest BCUT2D eigenvalue weighted by molar-refractivity contribution is -0.143. The third-order valence-corrected chi connectivity index (χ3v) is 6.80. The predicted molar refractivity (Wildman–Crippen MR) is 119 cm³/mol. The van der Waals surface area contributed by atoms with Crippen LogP contribution in [0.3, 0.4) is 0 Å². The highest BCUT2D eigenvalue weighted by molar-refractivity contribution is 6.33. The van der Waals surface area contributed by atoms with Crippen molar-refractivity contribution in [2.24, 2.45) is 29.6 Å². The van der Waals surface area contributed by atoms with Crippen LogP contribution in [0.5, 0.6) is 0 Å². The fourth-order valence-electron chi connectivity index (χ4n) is 4.85. The zero-order chi connectivity index (χ0) is 22.9. The van der Waals surface area contributed by atoms with Crippen molar-refractivity contribution in [3.8, 4) is 0 Å². The van der Waals surface area contributed by atoms with Crippen molar-refractivity contribution in [2.75, 3.05) is 19.0 Å². The van der Waals surface area contributed by atoms with Crippen LogP contribution in [-0.4, -0.2) is 53.5 Å². The van der Waals surface area contributed by atoms with Gasteiger partial charge in [-0.25, -0.2) is 0 Å². The Morgan fingerprint density at radius 2 is 1.87 bits per heavy atom. The molecule has 1 aliphatic heterocycles. The number of hydrogen-bond donors (Lipinski definition) is 3. The van der Waals surface area contributed by atoms with Crippen molar-refractivity contribution in [3.63, 3.8) is 0 Å². The highest BCUT2D eigenvalue weighted by atomic mass is 35.5. The summed E-state index contributed by atoms with van der Waals surface area (Å²) in [7, 11) is 1.55. The van der Waals surface area contributed by atoms with E-state index in [0.717, 1.165) is 0 Å². The number of hydrogen-bond acceptors (Lipinski definition) is 4. The first-order chi connectivity index (χ1) is 14.7. The second-order valence-corrected chi connectivity index (χ2v) is 9.05. The van der Waals surface area contributed by atoms with E-state index in [1.165, 1.54) is 4.90 Å². The molecule has 7 nitrogen and oxygen atoms in total. The van der Waals surface area contributed by atoms with Gasteiger partial charge in [0.05, 0.1) is 35.2 Å². The number of amides is 3. The van der Waals surface area contributed by atoms with Crippen LogP contribution in [0, 0.1) is 29.6 Å². The molecule has 0 spiro atoms. The van der Waals surface area contributed by atoms with Crippen LogP contribution in [0.1, 0.15) is 20.8 Å². The SMILES string of the molecule is CNC(=O)[C@H]1[C@H]2C(=O)N([C@@H](CO)C(C)C)[C@H](C(=O)Nc3ccccc3Cl)[C@H]2C=C[C@H]1C. The summed E-state index contributed by atoms with van der Waals surface area (Å²) in [5, 5.41) is 16.0. The second-order valence-electron chi connectivity index (χ2n) is 8.64. The first-order valence-corrected chi connectivity index (χ1v) is 11.0. The molecular weight excluding hydrogens is 418 g/mol. The number of fused-ring (bicyclic) bond motifs is 1. The summed E-state index contributed by atoms with van der Waals surface area (Å²) in [6.07, 6.45) is 3.77. The van der Waals surface area contributed by atoms with E-state index >= 15 is 0 Å². The topological polar surface area (TPSA) is 98.7 Å². The first kappa shape index (κ1) is 23.3. The Labute approximate surface area is 187 Å². The maximum Gasteiger partial charge on any atom is 0.247 e. The zero-order valence-corrected chi connectivity index (χ0v) is 19.0. The molecule has 1 aromatic rings. The van der Waals surface area contributed by atoms with E-state index in [2.05, 4.69) is 10.6 Å². The lowest BCUT2D eigenvalue weighted by atomic mass is 9.70. The third kappa shape index (κ3) is 4.21. The van der Waals surface area contributed by atoms with E-state index in [0.29, 0.717) is 10.7 Å². The summed E-state index contributed by atoms with van der Waals surface area (Å²) >= 11 is 6.22. The second kappa shape index (κ2) is 9.40. The van der Waals surface area contributed by atoms with Gasteiger partial charge < -0.3 is 20.6 Å². The standard InChI is InChI=1S/C23H30ClN3O4/c1-12(2)17(11-28)27-20(22(30)26-16-8-6-5-7-15(16)24)14-10-9-13(3)18(21(29)25-4)19(14)23(27)31/h5-10,12-14,17-20,28H,11H2,1-4H3,(H,25,29)(H,26,30)/t13-,14+,17+,18-,19+,20+/m1/s1. The Morgan fingerprint density at radius 1 is 1.19 bits per heavy atom. The van der Waals surface area contributed by atoms with E-state index < -0.39 is 29.8 Å². The number of benzene rings is 1. The van der Waals surface area contributed by atoms with E-state index in [-0.39, 0.29) is 36.2 Å². The van der Waals surface area contributed by atoms with E-state index in [9.17, 15) is 19.5 Å². The number of carbonyl (C=O) groups is 3. The van der Waals surface area contributed by atoms with Crippen LogP contribution in [0.2, 0.25) is 5.02 Å². The Balaban J connectivity index is 2.05. The van der Waals surface area contributed by atoms with Gasteiger partial charge in [0, 0.05) is 13.0 Å².